The summed E-state index contributed by atoms with van der Waals surface area (Å²) in [6, 6.07) is 2.52. The van der Waals surface area contributed by atoms with Crippen LogP contribution >= 0.6 is 0 Å². The molecule has 1 atom stereocenters. The maximum atomic E-state index is 12.3. The molecule has 0 bridgehead atoms. The Hall–Kier alpha value is -1.30. The SMILES string of the molecule is NC1CCN(c2ccc(C(F)(F)F)cn2)C1. The number of alkyl halides is 3. The number of anilines is 1. The van der Waals surface area contributed by atoms with E-state index >= 15 is 0 Å². The number of hydrogen-bond donors (Lipinski definition) is 1. The van der Waals surface area contributed by atoms with Crippen molar-refractivity contribution in [3.8, 4) is 0 Å². The molecule has 2 N–H and O–H groups in total. The summed E-state index contributed by atoms with van der Waals surface area (Å²) < 4.78 is 36.9. The van der Waals surface area contributed by atoms with Gasteiger partial charge in [-0.1, -0.05) is 0 Å². The molecule has 2 heterocycles. The number of aromatic nitrogens is 1. The summed E-state index contributed by atoms with van der Waals surface area (Å²) in [5, 5.41) is 0. The van der Waals surface area contributed by atoms with Crippen LogP contribution in [-0.2, 0) is 6.18 Å². The van der Waals surface area contributed by atoms with Gasteiger partial charge in [-0.15, -0.1) is 0 Å². The van der Waals surface area contributed by atoms with Crippen LogP contribution in [-0.4, -0.2) is 24.1 Å². The van der Waals surface area contributed by atoms with E-state index in [-0.39, 0.29) is 6.04 Å². The molecule has 1 aliphatic heterocycles. The van der Waals surface area contributed by atoms with Crippen LogP contribution in [0, 0.1) is 0 Å². The first kappa shape index (κ1) is 11.2. The van der Waals surface area contributed by atoms with E-state index in [1.54, 1.807) is 0 Å². The molecule has 2 rings (SSSR count). The zero-order valence-corrected chi connectivity index (χ0v) is 8.54. The van der Waals surface area contributed by atoms with Crippen molar-refractivity contribution in [2.24, 2.45) is 5.73 Å². The van der Waals surface area contributed by atoms with Gasteiger partial charge in [0.2, 0.25) is 0 Å². The van der Waals surface area contributed by atoms with Crippen molar-refractivity contribution in [3.05, 3.63) is 23.9 Å². The molecule has 1 unspecified atom stereocenters. The highest BCUT2D eigenvalue weighted by Crippen LogP contribution is 2.29. The van der Waals surface area contributed by atoms with Crippen LogP contribution in [0.4, 0.5) is 19.0 Å². The second-order valence-corrected chi connectivity index (χ2v) is 3.90. The number of halogens is 3. The third-order valence-corrected chi connectivity index (χ3v) is 2.62. The summed E-state index contributed by atoms with van der Waals surface area (Å²) in [7, 11) is 0. The van der Waals surface area contributed by atoms with Gasteiger partial charge >= 0.3 is 6.18 Å². The highest BCUT2D eigenvalue weighted by molar-refractivity contribution is 5.41. The Balaban J connectivity index is 2.14. The van der Waals surface area contributed by atoms with Crippen LogP contribution in [0.25, 0.3) is 0 Å². The van der Waals surface area contributed by atoms with Crippen molar-refractivity contribution in [3.63, 3.8) is 0 Å². The Kier molecular flexibility index (Phi) is 2.75. The van der Waals surface area contributed by atoms with Gasteiger partial charge in [-0.25, -0.2) is 4.98 Å². The molecular formula is C10H12F3N3. The molecule has 0 aliphatic carbocycles. The number of nitrogens with zero attached hydrogens (tertiary/aromatic N) is 2. The Labute approximate surface area is 91.1 Å². The number of pyridine rings is 1. The molecule has 1 fully saturated rings. The summed E-state index contributed by atoms with van der Waals surface area (Å²) in [6.07, 6.45) is -2.62. The molecule has 16 heavy (non-hydrogen) atoms. The van der Waals surface area contributed by atoms with Gasteiger partial charge in [0.1, 0.15) is 5.82 Å². The van der Waals surface area contributed by atoms with E-state index in [9.17, 15) is 13.2 Å². The summed E-state index contributed by atoms with van der Waals surface area (Å²) in [4.78, 5) is 5.71. The predicted octanol–water partition coefficient (Wildman–Crippen LogP) is 1.64. The van der Waals surface area contributed by atoms with Crippen molar-refractivity contribution >= 4 is 5.82 Å². The largest absolute Gasteiger partial charge is 0.417 e. The van der Waals surface area contributed by atoms with Crippen LogP contribution in [0.5, 0.6) is 0 Å². The zero-order valence-electron chi connectivity index (χ0n) is 8.54. The molecule has 0 radical (unpaired) electrons. The van der Waals surface area contributed by atoms with Crippen LogP contribution in [0.1, 0.15) is 12.0 Å². The highest BCUT2D eigenvalue weighted by Gasteiger charge is 2.31. The quantitative estimate of drug-likeness (QED) is 0.798. The second-order valence-electron chi connectivity index (χ2n) is 3.90. The summed E-state index contributed by atoms with van der Waals surface area (Å²) in [5.74, 6) is 0.556. The van der Waals surface area contributed by atoms with E-state index in [0.717, 1.165) is 25.2 Å². The lowest BCUT2D eigenvalue weighted by Gasteiger charge is -2.17. The Morgan fingerprint density at radius 1 is 1.38 bits per heavy atom. The molecular weight excluding hydrogens is 219 g/mol. The molecule has 1 aromatic rings. The third kappa shape index (κ3) is 2.27. The lowest BCUT2D eigenvalue weighted by atomic mass is 10.3. The standard InChI is InChI=1S/C10H12F3N3/c11-10(12,13)7-1-2-9(15-5-7)16-4-3-8(14)6-16/h1-2,5,8H,3-4,6,14H2. The maximum absolute atomic E-state index is 12.3. The Morgan fingerprint density at radius 2 is 2.12 bits per heavy atom. The van der Waals surface area contributed by atoms with Crippen LogP contribution in [0.3, 0.4) is 0 Å². The molecule has 88 valence electrons. The van der Waals surface area contributed by atoms with Gasteiger partial charge in [0.05, 0.1) is 5.56 Å². The lowest BCUT2D eigenvalue weighted by molar-refractivity contribution is -0.137. The van der Waals surface area contributed by atoms with Gasteiger partial charge in [-0.05, 0) is 18.6 Å². The van der Waals surface area contributed by atoms with Crippen LogP contribution in [0.15, 0.2) is 18.3 Å². The van der Waals surface area contributed by atoms with Crippen LogP contribution < -0.4 is 10.6 Å². The monoisotopic (exact) mass is 231 g/mol. The van der Waals surface area contributed by atoms with Crippen LogP contribution in [0.2, 0.25) is 0 Å². The first-order valence-electron chi connectivity index (χ1n) is 5.00. The average molecular weight is 231 g/mol. The van der Waals surface area contributed by atoms with Crippen molar-refractivity contribution < 1.29 is 13.2 Å². The first-order valence-corrected chi connectivity index (χ1v) is 5.00. The number of rotatable bonds is 1. The molecule has 0 aromatic carbocycles. The van der Waals surface area contributed by atoms with E-state index in [2.05, 4.69) is 4.98 Å². The zero-order chi connectivity index (χ0) is 11.8. The number of hydrogen-bond acceptors (Lipinski definition) is 3. The topological polar surface area (TPSA) is 42.1 Å². The highest BCUT2D eigenvalue weighted by atomic mass is 19.4. The normalized spacial score (nSPS) is 21.5. The fraction of sp³-hybridized carbons (Fsp3) is 0.500. The molecule has 0 spiro atoms. The molecule has 0 amide bonds. The Bertz CT molecular complexity index is 361. The van der Waals surface area contributed by atoms with Gasteiger partial charge in [-0.2, -0.15) is 13.2 Å². The molecule has 3 nitrogen and oxygen atoms in total. The third-order valence-electron chi connectivity index (χ3n) is 2.62. The smallest absolute Gasteiger partial charge is 0.355 e. The van der Waals surface area contributed by atoms with Crippen molar-refractivity contribution in [2.45, 2.75) is 18.6 Å². The van der Waals surface area contributed by atoms with E-state index in [1.807, 2.05) is 4.90 Å². The average Bonchev–Trinajstić information content (AvgIpc) is 2.64. The number of nitrogens with two attached hydrogens (primary N) is 1. The lowest BCUT2D eigenvalue weighted by Crippen LogP contribution is -2.26. The van der Waals surface area contributed by atoms with Crippen molar-refractivity contribution in [1.29, 1.82) is 0 Å². The molecule has 1 aromatic heterocycles. The maximum Gasteiger partial charge on any atom is 0.417 e. The summed E-state index contributed by atoms with van der Waals surface area (Å²) >= 11 is 0. The predicted molar refractivity (Wildman–Crippen MR) is 54.0 cm³/mol. The minimum absolute atomic E-state index is 0.0871. The van der Waals surface area contributed by atoms with E-state index in [1.165, 1.54) is 6.07 Å². The fourth-order valence-corrected chi connectivity index (χ4v) is 1.74. The van der Waals surface area contributed by atoms with Crippen molar-refractivity contribution in [1.82, 2.24) is 4.98 Å². The van der Waals surface area contributed by atoms with Gasteiger partial charge in [0, 0.05) is 25.3 Å². The van der Waals surface area contributed by atoms with Gasteiger partial charge in [0.25, 0.3) is 0 Å². The molecule has 1 saturated heterocycles. The fourth-order valence-electron chi connectivity index (χ4n) is 1.74. The summed E-state index contributed by atoms with van der Waals surface area (Å²) in [5.41, 5.74) is 4.99. The van der Waals surface area contributed by atoms with Gasteiger partial charge in [0.15, 0.2) is 0 Å². The first-order chi connectivity index (χ1) is 7.47. The van der Waals surface area contributed by atoms with E-state index < -0.39 is 11.7 Å². The van der Waals surface area contributed by atoms with Crippen molar-refractivity contribution in [2.75, 3.05) is 18.0 Å². The second kappa shape index (κ2) is 3.93. The molecule has 1 aliphatic rings. The van der Waals surface area contributed by atoms with E-state index in [0.29, 0.717) is 12.4 Å². The van der Waals surface area contributed by atoms with Gasteiger partial charge < -0.3 is 10.6 Å². The minimum atomic E-state index is -4.33. The Morgan fingerprint density at radius 3 is 2.56 bits per heavy atom. The summed E-state index contributed by atoms with van der Waals surface area (Å²) in [6.45, 7) is 1.40. The van der Waals surface area contributed by atoms with E-state index in [4.69, 9.17) is 5.73 Å². The minimum Gasteiger partial charge on any atom is -0.355 e. The van der Waals surface area contributed by atoms with Gasteiger partial charge in [-0.3, -0.25) is 0 Å². The molecule has 6 heteroatoms. The molecule has 0 saturated carbocycles.